The van der Waals surface area contributed by atoms with Gasteiger partial charge in [0.25, 0.3) is 5.56 Å². The van der Waals surface area contributed by atoms with Gasteiger partial charge in [-0.25, -0.2) is 9.67 Å². The van der Waals surface area contributed by atoms with Gasteiger partial charge in [-0.05, 0) is 13.0 Å². The van der Waals surface area contributed by atoms with Gasteiger partial charge in [0.1, 0.15) is 18.1 Å². The molecule has 142 valence electrons. The predicted molar refractivity (Wildman–Crippen MR) is 108 cm³/mol. The molecule has 0 unspecified atom stereocenters. The number of aryl methyl sites for hydroxylation is 2. The highest BCUT2D eigenvalue weighted by Gasteiger charge is 2.25. The Hall–Kier alpha value is -1.51. The summed E-state index contributed by atoms with van der Waals surface area (Å²) < 4.78 is 7.26. The van der Waals surface area contributed by atoms with Crippen molar-refractivity contribution < 1.29 is 9.84 Å². The molecular weight excluding hydrogens is 456 g/mol. The van der Waals surface area contributed by atoms with Crippen molar-refractivity contribution in [2.24, 2.45) is 7.05 Å². The van der Waals surface area contributed by atoms with Crippen molar-refractivity contribution in [3.8, 4) is 22.6 Å². The van der Waals surface area contributed by atoms with E-state index in [9.17, 15) is 9.90 Å². The summed E-state index contributed by atoms with van der Waals surface area (Å²) in [5, 5.41) is 14.7. The van der Waals surface area contributed by atoms with E-state index < -0.39 is 5.56 Å². The molecule has 0 spiro atoms. The molecule has 27 heavy (non-hydrogen) atoms. The standard InChI is InChI=1S/C16H11Cl4N3O3S/c1-6-13(24)11(15(25)23(2)22-6)10-12(19)8(17)3-9(18)14(10)26-5-7-4-21-16(20)27-7/h3-4,24H,5H2,1-2H3. The van der Waals surface area contributed by atoms with Crippen molar-refractivity contribution in [1.29, 1.82) is 0 Å². The number of rotatable bonds is 4. The average Bonchev–Trinajstić information content (AvgIpc) is 3.02. The summed E-state index contributed by atoms with van der Waals surface area (Å²) in [6.45, 7) is 1.64. The fourth-order valence-corrected chi connectivity index (χ4v) is 4.07. The van der Waals surface area contributed by atoms with Crippen LogP contribution in [0.25, 0.3) is 11.1 Å². The van der Waals surface area contributed by atoms with Gasteiger partial charge in [0.05, 0.1) is 31.1 Å². The lowest BCUT2D eigenvalue weighted by molar-refractivity contribution is 0.311. The highest BCUT2D eigenvalue weighted by Crippen LogP contribution is 2.47. The number of ether oxygens (including phenoxy) is 1. The Morgan fingerprint density at radius 2 is 1.93 bits per heavy atom. The second kappa shape index (κ2) is 7.85. The molecule has 2 aromatic heterocycles. The number of nitrogens with zero attached hydrogens (tertiary/aromatic N) is 3. The number of aromatic nitrogens is 3. The topological polar surface area (TPSA) is 77.2 Å². The van der Waals surface area contributed by atoms with Crippen LogP contribution in [0, 0.1) is 6.92 Å². The van der Waals surface area contributed by atoms with Crippen molar-refractivity contribution in [3.63, 3.8) is 0 Å². The monoisotopic (exact) mass is 465 g/mol. The van der Waals surface area contributed by atoms with Crippen LogP contribution in [-0.2, 0) is 13.7 Å². The van der Waals surface area contributed by atoms with Crippen LogP contribution in [0.3, 0.4) is 0 Å². The van der Waals surface area contributed by atoms with Crippen LogP contribution in [0.4, 0.5) is 0 Å². The van der Waals surface area contributed by atoms with Crippen molar-refractivity contribution in [2.75, 3.05) is 0 Å². The van der Waals surface area contributed by atoms with Crippen LogP contribution in [0.2, 0.25) is 19.5 Å². The number of thiazole rings is 1. The van der Waals surface area contributed by atoms with E-state index in [0.29, 0.717) is 4.47 Å². The quantitative estimate of drug-likeness (QED) is 0.540. The maximum absolute atomic E-state index is 12.7. The van der Waals surface area contributed by atoms with Crippen LogP contribution in [0.1, 0.15) is 10.6 Å². The van der Waals surface area contributed by atoms with Crippen LogP contribution < -0.4 is 10.3 Å². The summed E-state index contributed by atoms with van der Waals surface area (Å²) in [6.07, 6.45) is 1.56. The summed E-state index contributed by atoms with van der Waals surface area (Å²) in [4.78, 5) is 17.3. The van der Waals surface area contributed by atoms with E-state index in [2.05, 4.69) is 10.1 Å². The van der Waals surface area contributed by atoms with Gasteiger partial charge < -0.3 is 9.84 Å². The lowest BCUT2D eigenvalue weighted by atomic mass is 10.0. The molecule has 0 aliphatic heterocycles. The van der Waals surface area contributed by atoms with Gasteiger partial charge in [0.15, 0.2) is 10.2 Å². The molecule has 1 aromatic carbocycles. The summed E-state index contributed by atoms with van der Waals surface area (Å²) >= 11 is 25.9. The summed E-state index contributed by atoms with van der Waals surface area (Å²) in [7, 11) is 1.46. The molecule has 0 fully saturated rings. The number of aromatic hydroxyl groups is 1. The Bertz CT molecular complexity index is 1100. The molecule has 0 aliphatic carbocycles. The molecule has 0 aliphatic rings. The Morgan fingerprint density at radius 1 is 1.22 bits per heavy atom. The van der Waals surface area contributed by atoms with Gasteiger partial charge in [-0.2, -0.15) is 5.10 Å². The molecule has 0 amide bonds. The van der Waals surface area contributed by atoms with Gasteiger partial charge in [0.2, 0.25) is 0 Å². The van der Waals surface area contributed by atoms with Crippen LogP contribution in [0.15, 0.2) is 17.1 Å². The van der Waals surface area contributed by atoms with Crippen molar-refractivity contribution in [2.45, 2.75) is 13.5 Å². The molecule has 0 atom stereocenters. The van der Waals surface area contributed by atoms with Crippen molar-refractivity contribution in [1.82, 2.24) is 14.8 Å². The van der Waals surface area contributed by atoms with Crippen molar-refractivity contribution in [3.05, 3.63) is 52.7 Å². The molecule has 3 aromatic rings. The van der Waals surface area contributed by atoms with Gasteiger partial charge in [0, 0.05) is 13.2 Å². The molecule has 0 saturated carbocycles. The lowest BCUT2D eigenvalue weighted by Crippen LogP contribution is -2.22. The Balaban J connectivity index is 2.22. The average molecular weight is 467 g/mol. The number of hydrogen-bond acceptors (Lipinski definition) is 6. The fourth-order valence-electron chi connectivity index (χ4n) is 2.42. The Labute approximate surface area is 177 Å². The Kier molecular flexibility index (Phi) is 5.88. The van der Waals surface area contributed by atoms with Gasteiger partial charge in [-0.1, -0.05) is 46.4 Å². The lowest BCUT2D eigenvalue weighted by Gasteiger charge is -2.17. The SMILES string of the molecule is Cc1nn(C)c(=O)c(-c2c(Cl)c(Cl)cc(Cl)c2OCc2cnc(Cl)s2)c1O. The summed E-state index contributed by atoms with van der Waals surface area (Å²) in [5.74, 6) is -0.224. The van der Waals surface area contributed by atoms with Gasteiger partial charge >= 0.3 is 0 Å². The van der Waals surface area contributed by atoms with E-state index in [4.69, 9.17) is 51.1 Å². The van der Waals surface area contributed by atoms with Crippen LogP contribution in [0.5, 0.6) is 11.5 Å². The highest BCUT2D eigenvalue weighted by molar-refractivity contribution is 7.15. The first-order valence-corrected chi connectivity index (χ1v) is 9.71. The minimum atomic E-state index is -0.580. The third-order valence-corrected chi connectivity index (χ3v) is 5.80. The molecule has 0 bridgehead atoms. The second-order valence-electron chi connectivity index (χ2n) is 5.46. The first-order valence-electron chi connectivity index (χ1n) is 7.38. The number of hydrogen-bond donors (Lipinski definition) is 1. The molecule has 3 rings (SSSR count). The first kappa shape index (κ1) is 20.2. The van der Waals surface area contributed by atoms with Gasteiger partial charge in [-0.3, -0.25) is 4.79 Å². The zero-order valence-corrected chi connectivity index (χ0v) is 17.7. The largest absolute Gasteiger partial charge is 0.505 e. The molecule has 0 radical (unpaired) electrons. The third kappa shape index (κ3) is 3.88. The zero-order valence-electron chi connectivity index (χ0n) is 13.9. The predicted octanol–water partition coefficient (Wildman–Crippen LogP) is 5.11. The minimum Gasteiger partial charge on any atom is -0.505 e. The van der Waals surface area contributed by atoms with E-state index in [1.807, 2.05) is 0 Å². The zero-order chi connectivity index (χ0) is 19.9. The molecular formula is C16H11Cl4N3O3S. The summed E-state index contributed by atoms with van der Waals surface area (Å²) in [5.41, 5.74) is -0.353. The van der Waals surface area contributed by atoms with E-state index >= 15 is 0 Å². The number of halogens is 4. The first-order chi connectivity index (χ1) is 12.7. The third-order valence-electron chi connectivity index (χ3n) is 3.65. The van der Waals surface area contributed by atoms with E-state index in [0.717, 1.165) is 9.56 Å². The molecule has 11 heteroatoms. The molecule has 2 heterocycles. The van der Waals surface area contributed by atoms with E-state index in [1.165, 1.54) is 24.5 Å². The maximum atomic E-state index is 12.7. The normalized spacial score (nSPS) is 11.0. The molecule has 0 saturated heterocycles. The second-order valence-corrected chi connectivity index (χ2v) is 8.35. The van der Waals surface area contributed by atoms with Crippen LogP contribution in [-0.4, -0.2) is 19.9 Å². The maximum Gasteiger partial charge on any atom is 0.278 e. The highest BCUT2D eigenvalue weighted by atomic mass is 35.5. The fraction of sp³-hybridized carbons (Fsp3) is 0.188. The van der Waals surface area contributed by atoms with Gasteiger partial charge in [-0.15, -0.1) is 11.3 Å². The van der Waals surface area contributed by atoms with E-state index in [1.54, 1.807) is 13.1 Å². The molecule has 6 nitrogen and oxygen atoms in total. The number of benzene rings is 1. The van der Waals surface area contributed by atoms with E-state index in [-0.39, 0.29) is 50.0 Å². The Morgan fingerprint density at radius 3 is 2.56 bits per heavy atom. The molecule has 1 N–H and O–H groups in total. The van der Waals surface area contributed by atoms with Crippen molar-refractivity contribution >= 4 is 57.7 Å². The van der Waals surface area contributed by atoms with Crippen LogP contribution >= 0.6 is 57.7 Å². The smallest absolute Gasteiger partial charge is 0.278 e. The summed E-state index contributed by atoms with van der Waals surface area (Å²) in [6, 6.07) is 1.40. The minimum absolute atomic E-state index is 0.0244.